The van der Waals surface area contributed by atoms with Crippen LogP contribution in [0.25, 0.3) is 0 Å². The molecule has 0 aliphatic carbocycles. The molecule has 0 saturated heterocycles. The standard InChI is InChI=1S/C13H17NO3/c1-3-7-14-12(16)9-17-13-10(2)5-4-6-11(13)8-15/h4-6,8H,3,7,9H2,1-2H3,(H,14,16). The van der Waals surface area contributed by atoms with Crippen LogP contribution in [0.3, 0.4) is 0 Å². The van der Waals surface area contributed by atoms with Gasteiger partial charge in [0.25, 0.3) is 5.91 Å². The maximum atomic E-state index is 11.4. The molecular weight excluding hydrogens is 218 g/mol. The van der Waals surface area contributed by atoms with Crippen molar-refractivity contribution in [1.82, 2.24) is 5.32 Å². The van der Waals surface area contributed by atoms with E-state index in [0.29, 0.717) is 17.9 Å². The highest BCUT2D eigenvalue weighted by atomic mass is 16.5. The summed E-state index contributed by atoms with van der Waals surface area (Å²) in [4.78, 5) is 22.2. The highest BCUT2D eigenvalue weighted by molar-refractivity contribution is 5.81. The van der Waals surface area contributed by atoms with E-state index in [2.05, 4.69) is 5.32 Å². The molecule has 1 amide bonds. The number of carbonyl (C=O) groups excluding carboxylic acids is 2. The van der Waals surface area contributed by atoms with Crippen LogP contribution in [0.1, 0.15) is 29.3 Å². The van der Waals surface area contributed by atoms with E-state index >= 15 is 0 Å². The van der Waals surface area contributed by atoms with E-state index in [1.165, 1.54) is 0 Å². The van der Waals surface area contributed by atoms with Crippen molar-refractivity contribution in [3.8, 4) is 5.75 Å². The lowest BCUT2D eigenvalue weighted by Gasteiger charge is -2.10. The first-order chi connectivity index (χ1) is 8.19. The van der Waals surface area contributed by atoms with E-state index < -0.39 is 0 Å². The van der Waals surface area contributed by atoms with Gasteiger partial charge in [-0.15, -0.1) is 0 Å². The van der Waals surface area contributed by atoms with Gasteiger partial charge in [-0.3, -0.25) is 9.59 Å². The third kappa shape index (κ3) is 3.90. The topological polar surface area (TPSA) is 55.4 Å². The Bertz CT molecular complexity index is 402. The van der Waals surface area contributed by atoms with Crippen molar-refractivity contribution in [1.29, 1.82) is 0 Å². The Hall–Kier alpha value is -1.84. The highest BCUT2D eigenvalue weighted by Gasteiger charge is 2.08. The van der Waals surface area contributed by atoms with Crippen molar-refractivity contribution in [2.75, 3.05) is 13.2 Å². The average molecular weight is 235 g/mol. The Labute approximate surface area is 101 Å². The predicted molar refractivity (Wildman–Crippen MR) is 65.4 cm³/mol. The summed E-state index contributed by atoms with van der Waals surface area (Å²) < 4.78 is 5.37. The fourth-order valence-corrected chi connectivity index (χ4v) is 1.42. The Morgan fingerprint density at radius 2 is 2.24 bits per heavy atom. The summed E-state index contributed by atoms with van der Waals surface area (Å²) in [6.07, 6.45) is 1.61. The van der Waals surface area contributed by atoms with E-state index in [0.717, 1.165) is 18.3 Å². The third-order valence-corrected chi connectivity index (χ3v) is 2.29. The molecule has 0 radical (unpaired) electrons. The van der Waals surface area contributed by atoms with E-state index in [1.807, 2.05) is 19.9 Å². The molecule has 0 aliphatic rings. The Kier molecular flexibility index (Phi) is 5.20. The molecule has 1 N–H and O–H groups in total. The zero-order valence-corrected chi connectivity index (χ0v) is 10.2. The summed E-state index contributed by atoms with van der Waals surface area (Å²) in [6, 6.07) is 5.29. The van der Waals surface area contributed by atoms with Gasteiger partial charge in [0.05, 0.1) is 5.56 Å². The minimum absolute atomic E-state index is 0.0638. The monoisotopic (exact) mass is 235 g/mol. The summed E-state index contributed by atoms with van der Waals surface area (Å²) in [6.45, 7) is 4.39. The Morgan fingerprint density at radius 3 is 2.88 bits per heavy atom. The largest absolute Gasteiger partial charge is 0.483 e. The maximum Gasteiger partial charge on any atom is 0.257 e. The summed E-state index contributed by atoms with van der Waals surface area (Å²) in [5.41, 5.74) is 1.31. The predicted octanol–water partition coefficient (Wildman–Crippen LogP) is 1.71. The number of aryl methyl sites for hydroxylation is 1. The van der Waals surface area contributed by atoms with Crippen LogP contribution in [-0.2, 0) is 4.79 Å². The molecule has 92 valence electrons. The lowest BCUT2D eigenvalue weighted by atomic mass is 10.1. The quantitative estimate of drug-likeness (QED) is 0.764. The molecule has 1 aromatic carbocycles. The van der Waals surface area contributed by atoms with Gasteiger partial charge in [-0.05, 0) is 25.0 Å². The van der Waals surface area contributed by atoms with Crippen LogP contribution in [0.4, 0.5) is 0 Å². The SMILES string of the molecule is CCCNC(=O)COc1c(C)cccc1C=O. The van der Waals surface area contributed by atoms with E-state index in [-0.39, 0.29) is 12.5 Å². The maximum absolute atomic E-state index is 11.4. The number of carbonyl (C=O) groups is 2. The summed E-state index contributed by atoms with van der Waals surface area (Å²) in [5, 5.41) is 2.71. The molecule has 1 aromatic rings. The highest BCUT2D eigenvalue weighted by Crippen LogP contribution is 2.21. The molecule has 4 nitrogen and oxygen atoms in total. The number of hydrogen-bond acceptors (Lipinski definition) is 3. The number of rotatable bonds is 6. The number of aldehydes is 1. The molecule has 0 bridgehead atoms. The Morgan fingerprint density at radius 1 is 1.47 bits per heavy atom. The fraction of sp³-hybridized carbons (Fsp3) is 0.385. The number of nitrogens with one attached hydrogen (secondary N) is 1. The summed E-state index contributed by atoms with van der Waals surface area (Å²) in [7, 11) is 0. The molecule has 0 spiro atoms. The average Bonchev–Trinajstić information content (AvgIpc) is 2.34. The van der Waals surface area contributed by atoms with Gasteiger partial charge in [0.2, 0.25) is 0 Å². The molecule has 0 fully saturated rings. The van der Waals surface area contributed by atoms with Gasteiger partial charge < -0.3 is 10.1 Å². The van der Waals surface area contributed by atoms with Gasteiger partial charge in [-0.25, -0.2) is 0 Å². The number of amides is 1. The van der Waals surface area contributed by atoms with Crippen LogP contribution >= 0.6 is 0 Å². The van der Waals surface area contributed by atoms with Crippen molar-refractivity contribution < 1.29 is 14.3 Å². The normalized spacial score (nSPS) is 9.76. The molecule has 0 aromatic heterocycles. The number of hydrogen-bond donors (Lipinski definition) is 1. The molecule has 17 heavy (non-hydrogen) atoms. The van der Waals surface area contributed by atoms with Crippen LogP contribution in [0, 0.1) is 6.92 Å². The van der Waals surface area contributed by atoms with E-state index in [9.17, 15) is 9.59 Å². The van der Waals surface area contributed by atoms with Gasteiger partial charge in [0.1, 0.15) is 5.75 Å². The minimum Gasteiger partial charge on any atom is -0.483 e. The second-order valence-corrected chi connectivity index (χ2v) is 3.75. The number of para-hydroxylation sites is 1. The fourth-order valence-electron chi connectivity index (χ4n) is 1.42. The molecule has 0 heterocycles. The minimum atomic E-state index is -0.174. The lowest BCUT2D eigenvalue weighted by molar-refractivity contribution is -0.123. The van der Waals surface area contributed by atoms with Crippen molar-refractivity contribution >= 4 is 12.2 Å². The van der Waals surface area contributed by atoms with E-state index in [1.54, 1.807) is 12.1 Å². The van der Waals surface area contributed by atoms with Gasteiger partial charge >= 0.3 is 0 Å². The smallest absolute Gasteiger partial charge is 0.257 e. The second kappa shape index (κ2) is 6.68. The van der Waals surface area contributed by atoms with Crippen LogP contribution in [0.2, 0.25) is 0 Å². The molecule has 0 aliphatic heterocycles. The van der Waals surface area contributed by atoms with Crippen LogP contribution in [-0.4, -0.2) is 25.3 Å². The van der Waals surface area contributed by atoms with Crippen molar-refractivity contribution in [2.45, 2.75) is 20.3 Å². The second-order valence-electron chi connectivity index (χ2n) is 3.75. The summed E-state index contributed by atoms with van der Waals surface area (Å²) >= 11 is 0. The van der Waals surface area contributed by atoms with E-state index in [4.69, 9.17) is 4.74 Å². The summed E-state index contributed by atoms with van der Waals surface area (Å²) in [5.74, 6) is 0.307. The zero-order valence-electron chi connectivity index (χ0n) is 10.2. The molecule has 0 saturated carbocycles. The van der Waals surface area contributed by atoms with Crippen molar-refractivity contribution in [3.63, 3.8) is 0 Å². The van der Waals surface area contributed by atoms with Gasteiger partial charge in [-0.2, -0.15) is 0 Å². The van der Waals surface area contributed by atoms with Crippen LogP contribution in [0.15, 0.2) is 18.2 Å². The van der Waals surface area contributed by atoms with Crippen LogP contribution < -0.4 is 10.1 Å². The number of benzene rings is 1. The molecule has 1 rings (SSSR count). The first-order valence-corrected chi connectivity index (χ1v) is 5.63. The first kappa shape index (κ1) is 13.2. The Balaban J connectivity index is 2.62. The van der Waals surface area contributed by atoms with Crippen molar-refractivity contribution in [2.24, 2.45) is 0 Å². The third-order valence-electron chi connectivity index (χ3n) is 2.29. The molecular formula is C13H17NO3. The van der Waals surface area contributed by atoms with Gasteiger partial charge in [-0.1, -0.05) is 19.1 Å². The van der Waals surface area contributed by atoms with Crippen molar-refractivity contribution in [3.05, 3.63) is 29.3 Å². The number of ether oxygens (including phenoxy) is 1. The lowest BCUT2D eigenvalue weighted by Crippen LogP contribution is -2.29. The zero-order chi connectivity index (χ0) is 12.7. The van der Waals surface area contributed by atoms with Crippen LogP contribution in [0.5, 0.6) is 5.75 Å². The molecule has 0 unspecified atom stereocenters. The molecule has 0 atom stereocenters. The van der Waals surface area contributed by atoms with Gasteiger partial charge in [0, 0.05) is 6.54 Å². The first-order valence-electron chi connectivity index (χ1n) is 5.63. The molecule has 4 heteroatoms. The van der Waals surface area contributed by atoms with Gasteiger partial charge in [0.15, 0.2) is 12.9 Å².